The van der Waals surface area contributed by atoms with E-state index in [1.54, 1.807) is 12.1 Å². The molecule has 2 aromatic rings. The summed E-state index contributed by atoms with van der Waals surface area (Å²) >= 11 is 5.93. The van der Waals surface area contributed by atoms with Gasteiger partial charge in [-0.3, -0.25) is 4.79 Å². The lowest BCUT2D eigenvalue weighted by Gasteiger charge is -2.18. The minimum absolute atomic E-state index is 0.0933. The number of hydrogen-bond donors (Lipinski definition) is 1. The number of halogens is 2. The zero-order valence-corrected chi connectivity index (χ0v) is 14.4. The van der Waals surface area contributed by atoms with Crippen LogP contribution in [0.5, 0.6) is 0 Å². The second kappa shape index (κ2) is 6.94. The van der Waals surface area contributed by atoms with Crippen LogP contribution >= 0.6 is 11.6 Å². The maximum absolute atomic E-state index is 12.9. The number of carbonyl (C=O) groups is 1. The smallest absolute Gasteiger partial charge is 0.230 e. The first kappa shape index (κ1) is 17.0. The lowest BCUT2D eigenvalue weighted by Crippen LogP contribution is -2.37. The Bertz CT molecular complexity index is 707. The van der Waals surface area contributed by atoms with Crippen LogP contribution in [0.1, 0.15) is 30.9 Å². The van der Waals surface area contributed by atoms with Crippen molar-refractivity contribution in [3.8, 4) is 0 Å². The average Bonchev–Trinajstić information content (AvgIpc) is 3.37. The molecular formula is C20H21ClFNO. The molecule has 24 heavy (non-hydrogen) atoms. The highest BCUT2D eigenvalue weighted by atomic mass is 35.5. The number of nitrogens with one attached hydrogen (secondary N) is 1. The summed E-state index contributed by atoms with van der Waals surface area (Å²) in [5, 5.41) is 3.77. The highest BCUT2D eigenvalue weighted by Gasteiger charge is 2.51. The van der Waals surface area contributed by atoms with Crippen molar-refractivity contribution in [2.24, 2.45) is 5.92 Å². The standard InChI is InChI=1S/C20H21ClFNO/c1-14(12-15-2-8-18(22)9-3-15)13-23-19(24)20(10-11-20)16-4-6-17(21)7-5-16/h2-9,14H,10-13H2,1H3,(H,23,24). The van der Waals surface area contributed by atoms with Crippen LogP contribution in [0, 0.1) is 11.7 Å². The first-order valence-corrected chi connectivity index (χ1v) is 8.66. The van der Waals surface area contributed by atoms with Gasteiger partial charge in [-0.25, -0.2) is 4.39 Å². The Kier molecular flexibility index (Phi) is 4.91. The molecule has 1 unspecified atom stereocenters. The average molecular weight is 346 g/mol. The van der Waals surface area contributed by atoms with Gasteiger partial charge in [0, 0.05) is 11.6 Å². The predicted octanol–water partition coefficient (Wildman–Crippen LogP) is 4.51. The van der Waals surface area contributed by atoms with Crippen molar-refractivity contribution in [3.63, 3.8) is 0 Å². The molecule has 2 nitrogen and oxygen atoms in total. The molecule has 0 heterocycles. The highest BCUT2D eigenvalue weighted by Crippen LogP contribution is 2.48. The van der Waals surface area contributed by atoms with E-state index in [2.05, 4.69) is 12.2 Å². The van der Waals surface area contributed by atoms with Crippen molar-refractivity contribution in [2.45, 2.75) is 31.6 Å². The highest BCUT2D eigenvalue weighted by molar-refractivity contribution is 6.30. The number of hydrogen-bond acceptors (Lipinski definition) is 1. The van der Waals surface area contributed by atoms with E-state index in [0.717, 1.165) is 30.4 Å². The largest absolute Gasteiger partial charge is 0.355 e. The molecule has 1 atom stereocenters. The molecule has 4 heteroatoms. The Morgan fingerprint density at radius 1 is 1.17 bits per heavy atom. The summed E-state index contributed by atoms with van der Waals surface area (Å²) in [7, 11) is 0. The van der Waals surface area contributed by atoms with E-state index < -0.39 is 0 Å². The van der Waals surface area contributed by atoms with Gasteiger partial charge in [0.1, 0.15) is 5.82 Å². The maximum Gasteiger partial charge on any atom is 0.230 e. The second-order valence-corrected chi connectivity index (χ2v) is 7.17. The third-order valence-electron chi connectivity index (χ3n) is 4.69. The summed E-state index contributed by atoms with van der Waals surface area (Å²) < 4.78 is 12.9. The van der Waals surface area contributed by atoms with Crippen LogP contribution in [0.25, 0.3) is 0 Å². The van der Waals surface area contributed by atoms with Gasteiger partial charge in [-0.05, 0) is 60.6 Å². The van der Waals surface area contributed by atoms with Gasteiger partial charge in [-0.1, -0.05) is 42.8 Å². The molecule has 126 valence electrons. The van der Waals surface area contributed by atoms with E-state index in [1.165, 1.54) is 12.1 Å². The maximum atomic E-state index is 12.9. The van der Waals surface area contributed by atoms with Crippen LogP contribution in [0.2, 0.25) is 5.02 Å². The van der Waals surface area contributed by atoms with E-state index in [0.29, 0.717) is 17.5 Å². The van der Waals surface area contributed by atoms with E-state index >= 15 is 0 Å². The molecule has 1 aliphatic rings. The van der Waals surface area contributed by atoms with Gasteiger partial charge in [0.2, 0.25) is 5.91 Å². The zero-order chi connectivity index (χ0) is 17.2. The van der Waals surface area contributed by atoms with Gasteiger partial charge in [-0.2, -0.15) is 0 Å². The molecule has 0 aliphatic heterocycles. The Labute approximate surface area is 147 Å². The van der Waals surface area contributed by atoms with E-state index in [1.807, 2.05) is 24.3 Å². The summed E-state index contributed by atoms with van der Waals surface area (Å²) in [6.07, 6.45) is 2.58. The fourth-order valence-electron chi connectivity index (χ4n) is 3.07. The molecule has 0 radical (unpaired) electrons. The van der Waals surface area contributed by atoms with Crippen molar-refractivity contribution < 1.29 is 9.18 Å². The van der Waals surface area contributed by atoms with Gasteiger partial charge in [-0.15, -0.1) is 0 Å². The first-order valence-electron chi connectivity index (χ1n) is 8.28. The minimum Gasteiger partial charge on any atom is -0.355 e. The molecule has 0 bridgehead atoms. The molecule has 1 aliphatic carbocycles. The third kappa shape index (κ3) is 3.78. The molecule has 1 saturated carbocycles. The van der Waals surface area contributed by atoms with Gasteiger partial charge in [0.25, 0.3) is 0 Å². The quantitative estimate of drug-likeness (QED) is 0.820. The van der Waals surface area contributed by atoms with Crippen molar-refractivity contribution in [2.75, 3.05) is 6.54 Å². The Balaban J connectivity index is 1.55. The van der Waals surface area contributed by atoms with Crippen LogP contribution in [0.3, 0.4) is 0 Å². The number of rotatable bonds is 6. The van der Waals surface area contributed by atoms with Gasteiger partial charge >= 0.3 is 0 Å². The molecule has 2 aromatic carbocycles. The third-order valence-corrected chi connectivity index (χ3v) is 4.94. The normalized spacial score (nSPS) is 16.5. The fraction of sp³-hybridized carbons (Fsp3) is 0.350. The van der Waals surface area contributed by atoms with Crippen molar-refractivity contribution >= 4 is 17.5 Å². The van der Waals surface area contributed by atoms with Crippen LogP contribution < -0.4 is 5.32 Å². The summed E-state index contributed by atoms with van der Waals surface area (Å²) in [6.45, 7) is 2.71. The van der Waals surface area contributed by atoms with Gasteiger partial charge < -0.3 is 5.32 Å². The lowest BCUT2D eigenvalue weighted by atomic mass is 9.94. The summed E-state index contributed by atoms with van der Waals surface area (Å²) in [5.41, 5.74) is 1.74. The summed E-state index contributed by atoms with van der Waals surface area (Å²) in [6, 6.07) is 14.1. The van der Waals surface area contributed by atoms with Crippen LogP contribution in [-0.2, 0) is 16.6 Å². The number of amides is 1. The van der Waals surface area contributed by atoms with E-state index in [9.17, 15) is 9.18 Å². The van der Waals surface area contributed by atoms with Crippen LogP contribution in [-0.4, -0.2) is 12.5 Å². The Hall–Kier alpha value is -1.87. The molecular weight excluding hydrogens is 325 g/mol. The molecule has 0 spiro atoms. The molecule has 0 saturated heterocycles. The van der Waals surface area contributed by atoms with Crippen molar-refractivity contribution in [3.05, 3.63) is 70.5 Å². The molecule has 1 N–H and O–H groups in total. The molecule has 0 aromatic heterocycles. The number of benzene rings is 2. The fourth-order valence-corrected chi connectivity index (χ4v) is 3.20. The van der Waals surface area contributed by atoms with Gasteiger partial charge in [0.15, 0.2) is 0 Å². The van der Waals surface area contributed by atoms with Gasteiger partial charge in [0.05, 0.1) is 5.41 Å². The predicted molar refractivity (Wildman–Crippen MR) is 94.6 cm³/mol. The zero-order valence-electron chi connectivity index (χ0n) is 13.7. The van der Waals surface area contributed by atoms with Crippen molar-refractivity contribution in [1.29, 1.82) is 0 Å². The summed E-state index contributed by atoms with van der Waals surface area (Å²) in [4.78, 5) is 12.6. The Morgan fingerprint density at radius 3 is 2.38 bits per heavy atom. The van der Waals surface area contributed by atoms with Crippen molar-refractivity contribution in [1.82, 2.24) is 5.32 Å². The summed E-state index contributed by atoms with van der Waals surface area (Å²) in [5.74, 6) is 0.162. The SMILES string of the molecule is CC(CNC(=O)C1(c2ccc(Cl)cc2)CC1)Cc1ccc(F)cc1. The molecule has 1 amide bonds. The first-order chi connectivity index (χ1) is 11.5. The molecule has 3 rings (SSSR count). The van der Waals surface area contributed by atoms with Crippen LogP contribution in [0.15, 0.2) is 48.5 Å². The topological polar surface area (TPSA) is 29.1 Å². The minimum atomic E-state index is -0.375. The monoisotopic (exact) mass is 345 g/mol. The molecule has 1 fully saturated rings. The van der Waals surface area contributed by atoms with E-state index in [-0.39, 0.29) is 17.1 Å². The number of carbonyl (C=O) groups excluding carboxylic acids is 1. The lowest BCUT2D eigenvalue weighted by molar-refractivity contribution is -0.123. The van der Waals surface area contributed by atoms with Crippen LogP contribution in [0.4, 0.5) is 4.39 Å². The Morgan fingerprint density at radius 2 is 1.79 bits per heavy atom. The van der Waals surface area contributed by atoms with E-state index in [4.69, 9.17) is 11.6 Å². The second-order valence-electron chi connectivity index (χ2n) is 6.73.